The van der Waals surface area contributed by atoms with Crippen molar-refractivity contribution in [2.75, 3.05) is 5.75 Å². The normalized spacial score (nSPS) is 27.6. The summed E-state index contributed by atoms with van der Waals surface area (Å²) in [6, 6.07) is 0. The second kappa shape index (κ2) is 3.68. The third-order valence-corrected chi connectivity index (χ3v) is 4.03. The van der Waals surface area contributed by atoms with Gasteiger partial charge in [-0.05, 0) is 30.1 Å². The van der Waals surface area contributed by atoms with E-state index in [1.807, 2.05) is 0 Å². The molecule has 1 fully saturated rings. The maximum Gasteiger partial charge on any atom is 0.266 e. The Morgan fingerprint density at radius 1 is 1.06 bits per heavy atom. The standard InChI is InChI=1S/C11H23NO3S/c1-9(2)5-10(3,4)7-11(12,6-9)8-16(13,14)15/h5-8,12H2,1-4H3,(H,13,14,15). The van der Waals surface area contributed by atoms with E-state index in [4.69, 9.17) is 10.3 Å². The summed E-state index contributed by atoms with van der Waals surface area (Å²) in [5.74, 6) is -0.340. The SMILES string of the molecule is CC1(C)CC(C)(C)CC(N)(CS(=O)(=O)O)C1. The predicted molar refractivity (Wildman–Crippen MR) is 64.7 cm³/mol. The monoisotopic (exact) mass is 249 g/mol. The summed E-state index contributed by atoms with van der Waals surface area (Å²) in [6.07, 6.45) is 2.27. The van der Waals surface area contributed by atoms with Gasteiger partial charge in [-0.3, -0.25) is 4.55 Å². The van der Waals surface area contributed by atoms with Crippen LogP contribution >= 0.6 is 0 Å². The van der Waals surface area contributed by atoms with Crippen LogP contribution in [0.15, 0.2) is 0 Å². The topological polar surface area (TPSA) is 80.4 Å². The van der Waals surface area contributed by atoms with E-state index in [0.29, 0.717) is 12.8 Å². The molecule has 0 atom stereocenters. The van der Waals surface area contributed by atoms with Crippen molar-refractivity contribution in [1.82, 2.24) is 0 Å². The Bertz CT molecular complexity index is 355. The zero-order valence-corrected chi connectivity index (χ0v) is 11.4. The summed E-state index contributed by atoms with van der Waals surface area (Å²) >= 11 is 0. The van der Waals surface area contributed by atoms with Crippen LogP contribution in [0.5, 0.6) is 0 Å². The van der Waals surface area contributed by atoms with Crippen LogP contribution in [0, 0.1) is 10.8 Å². The zero-order chi connectivity index (χ0) is 12.8. The first-order valence-corrected chi connectivity index (χ1v) is 7.18. The molecular formula is C11H23NO3S. The lowest BCUT2D eigenvalue weighted by Gasteiger charge is -2.50. The average Bonchev–Trinajstić information content (AvgIpc) is 1.66. The molecule has 0 bridgehead atoms. The molecule has 0 amide bonds. The summed E-state index contributed by atoms with van der Waals surface area (Å²) in [4.78, 5) is 0. The van der Waals surface area contributed by atoms with Gasteiger partial charge in [0, 0.05) is 5.54 Å². The highest BCUT2D eigenvalue weighted by atomic mass is 32.2. The lowest BCUT2D eigenvalue weighted by molar-refractivity contribution is 0.0582. The fourth-order valence-corrected chi connectivity index (χ4v) is 4.79. The lowest BCUT2D eigenvalue weighted by Crippen LogP contribution is -2.55. The molecule has 1 aliphatic carbocycles. The highest BCUT2D eigenvalue weighted by Crippen LogP contribution is 2.49. The highest BCUT2D eigenvalue weighted by Gasteiger charge is 2.46. The van der Waals surface area contributed by atoms with Gasteiger partial charge in [-0.15, -0.1) is 0 Å². The number of hydrogen-bond donors (Lipinski definition) is 2. The fourth-order valence-electron chi connectivity index (χ4n) is 3.85. The molecule has 1 saturated carbocycles. The molecule has 0 spiro atoms. The van der Waals surface area contributed by atoms with E-state index in [1.54, 1.807) is 0 Å². The lowest BCUT2D eigenvalue weighted by atomic mass is 9.59. The molecule has 96 valence electrons. The second-order valence-electron chi connectivity index (χ2n) is 6.95. The minimum Gasteiger partial charge on any atom is -0.324 e. The van der Waals surface area contributed by atoms with Crippen molar-refractivity contribution < 1.29 is 13.0 Å². The van der Waals surface area contributed by atoms with Crippen molar-refractivity contribution in [2.45, 2.75) is 52.5 Å². The largest absolute Gasteiger partial charge is 0.324 e. The van der Waals surface area contributed by atoms with E-state index >= 15 is 0 Å². The molecule has 0 heterocycles. The van der Waals surface area contributed by atoms with Gasteiger partial charge in [0.05, 0.1) is 5.75 Å². The Labute approximate surface area is 98.4 Å². The van der Waals surface area contributed by atoms with Gasteiger partial charge in [-0.25, -0.2) is 0 Å². The molecule has 4 nitrogen and oxygen atoms in total. The third kappa shape index (κ3) is 4.03. The zero-order valence-electron chi connectivity index (χ0n) is 10.6. The first-order valence-electron chi connectivity index (χ1n) is 5.57. The van der Waals surface area contributed by atoms with Gasteiger partial charge < -0.3 is 5.73 Å². The molecule has 3 N–H and O–H groups in total. The van der Waals surface area contributed by atoms with E-state index in [1.165, 1.54) is 0 Å². The van der Waals surface area contributed by atoms with Crippen molar-refractivity contribution in [2.24, 2.45) is 16.6 Å². The van der Waals surface area contributed by atoms with Crippen molar-refractivity contribution in [1.29, 1.82) is 0 Å². The molecular weight excluding hydrogens is 226 g/mol. The van der Waals surface area contributed by atoms with Crippen molar-refractivity contribution in [3.8, 4) is 0 Å². The van der Waals surface area contributed by atoms with Crippen LogP contribution in [0.4, 0.5) is 0 Å². The van der Waals surface area contributed by atoms with Crippen LogP contribution in [0.2, 0.25) is 0 Å². The predicted octanol–water partition coefficient (Wildman–Crippen LogP) is 1.81. The average molecular weight is 249 g/mol. The molecule has 0 saturated heterocycles. The van der Waals surface area contributed by atoms with Crippen molar-refractivity contribution in [3.05, 3.63) is 0 Å². The summed E-state index contributed by atoms with van der Waals surface area (Å²) in [6.45, 7) is 8.39. The van der Waals surface area contributed by atoms with E-state index in [-0.39, 0.29) is 16.6 Å². The van der Waals surface area contributed by atoms with E-state index in [2.05, 4.69) is 27.7 Å². The number of nitrogens with two attached hydrogens (primary N) is 1. The molecule has 0 aromatic rings. The molecule has 0 aromatic heterocycles. The van der Waals surface area contributed by atoms with Crippen LogP contribution in [0.1, 0.15) is 47.0 Å². The van der Waals surface area contributed by atoms with Crippen molar-refractivity contribution >= 4 is 10.1 Å². The summed E-state index contributed by atoms with van der Waals surface area (Å²) in [5.41, 5.74) is 5.38. The Hall–Kier alpha value is -0.130. The Morgan fingerprint density at radius 2 is 1.44 bits per heavy atom. The van der Waals surface area contributed by atoms with Gasteiger partial charge in [0.25, 0.3) is 10.1 Å². The smallest absolute Gasteiger partial charge is 0.266 e. The van der Waals surface area contributed by atoms with Gasteiger partial charge in [-0.2, -0.15) is 8.42 Å². The first kappa shape index (κ1) is 13.9. The molecule has 0 aromatic carbocycles. The Kier molecular flexibility index (Phi) is 3.21. The number of hydrogen-bond acceptors (Lipinski definition) is 3. The maximum absolute atomic E-state index is 11.0. The Morgan fingerprint density at radius 3 is 1.75 bits per heavy atom. The molecule has 1 aliphatic rings. The summed E-state index contributed by atoms with van der Waals surface area (Å²) in [5, 5.41) is 0. The molecule has 16 heavy (non-hydrogen) atoms. The molecule has 0 radical (unpaired) electrons. The first-order chi connectivity index (χ1) is 6.83. The van der Waals surface area contributed by atoms with E-state index < -0.39 is 15.7 Å². The second-order valence-corrected chi connectivity index (χ2v) is 8.40. The van der Waals surface area contributed by atoms with Crippen LogP contribution in [0.3, 0.4) is 0 Å². The van der Waals surface area contributed by atoms with Gasteiger partial charge >= 0.3 is 0 Å². The van der Waals surface area contributed by atoms with Crippen LogP contribution in [-0.4, -0.2) is 24.3 Å². The van der Waals surface area contributed by atoms with E-state index in [0.717, 1.165) is 6.42 Å². The van der Waals surface area contributed by atoms with E-state index in [9.17, 15) is 8.42 Å². The maximum atomic E-state index is 11.0. The van der Waals surface area contributed by atoms with Gasteiger partial charge in [0.15, 0.2) is 0 Å². The van der Waals surface area contributed by atoms with Gasteiger partial charge in [0.1, 0.15) is 0 Å². The summed E-state index contributed by atoms with van der Waals surface area (Å²) < 4.78 is 31.0. The quantitative estimate of drug-likeness (QED) is 0.731. The number of rotatable bonds is 2. The minimum atomic E-state index is -4.01. The van der Waals surface area contributed by atoms with Crippen LogP contribution in [-0.2, 0) is 10.1 Å². The van der Waals surface area contributed by atoms with Gasteiger partial charge in [0.2, 0.25) is 0 Å². The molecule has 0 unspecified atom stereocenters. The highest BCUT2D eigenvalue weighted by molar-refractivity contribution is 7.85. The van der Waals surface area contributed by atoms with Crippen LogP contribution in [0.25, 0.3) is 0 Å². The van der Waals surface area contributed by atoms with Gasteiger partial charge in [-0.1, -0.05) is 27.7 Å². The molecule has 5 heteroatoms. The third-order valence-electron chi connectivity index (χ3n) is 3.09. The molecule has 0 aliphatic heterocycles. The Balaban J connectivity index is 2.96. The molecule has 1 rings (SSSR count). The van der Waals surface area contributed by atoms with Crippen molar-refractivity contribution in [3.63, 3.8) is 0 Å². The fraction of sp³-hybridized carbons (Fsp3) is 1.00. The summed E-state index contributed by atoms with van der Waals surface area (Å²) in [7, 11) is -4.01. The van der Waals surface area contributed by atoms with Crippen LogP contribution < -0.4 is 5.73 Å². The minimum absolute atomic E-state index is 0.0151.